The van der Waals surface area contributed by atoms with E-state index in [1.54, 1.807) is 18.2 Å². The van der Waals surface area contributed by atoms with E-state index in [1.165, 1.54) is 11.4 Å². The van der Waals surface area contributed by atoms with Gasteiger partial charge in [0.2, 0.25) is 15.9 Å². The number of sulfonamides is 1. The van der Waals surface area contributed by atoms with Crippen molar-refractivity contribution in [3.63, 3.8) is 0 Å². The molecule has 132 valence electrons. The maximum atomic E-state index is 12.5. The zero-order chi connectivity index (χ0) is 17.9. The van der Waals surface area contributed by atoms with Crippen LogP contribution in [0, 0.1) is 12.8 Å². The summed E-state index contributed by atoms with van der Waals surface area (Å²) in [5, 5.41) is 2.80. The van der Waals surface area contributed by atoms with Gasteiger partial charge in [-0.25, -0.2) is 17.5 Å². The summed E-state index contributed by atoms with van der Waals surface area (Å²) in [6.45, 7) is 2.44. The number of ether oxygens (including phenoxy) is 1. The van der Waals surface area contributed by atoms with E-state index in [4.69, 9.17) is 0 Å². The second-order valence-corrected chi connectivity index (χ2v) is 7.95. The molecule has 0 unspecified atom stereocenters. The molecule has 0 aromatic heterocycles. The van der Waals surface area contributed by atoms with Crippen LogP contribution in [0.3, 0.4) is 0 Å². The summed E-state index contributed by atoms with van der Waals surface area (Å²) in [7, 11) is -2.01. The highest BCUT2D eigenvalue weighted by Gasteiger charge is 2.30. The van der Waals surface area contributed by atoms with Crippen LogP contribution in [0.1, 0.15) is 28.8 Å². The average molecular weight is 354 g/mol. The lowest BCUT2D eigenvalue weighted by atomic mass is 9.98. The van der Waals surface area contributed by atoms with Crippen LogP contribution in [0.5, 0.6) is 0 Å². The largest absolute Gasteiger partial charge is 0.465 e. The third kappa shape index (κ3) is 4.33. The second-order valence-electron chi connectivity index (χ2n) is 5.97. The van der Waals surface area contributed by atoms with Crippen LogP contribution in [-0.2, 0) is 19.6 Å². The van der Waals surface area contributed by atoms with E-state index in [9.17, 15) is 18.0 Å². The van der Waals surface area contributed by atoms with Gasteiger partial charge in [0.25, 0.3) is 0 Å². The van der Waals surface area contributed by atoms with Gasteiger partial charge in [-0.05, 0) is 37.5 Å². The van der Waals surface area contributed by atoms with Crippen LogP contribution >= 0.6 is 0 Å². The van der Waals surface area contributed by atoms with Gasteiger partial charge in [-0.2, -0.15) is 0 Å². The predicted octanol–water partition coefficient (Wildman–Crippen LogP) is 1.39. The van der Waals surface area contributed by atoms with Gasteiger partial charge in [-0.1, -0.05) is 6.07 Å². The Morgan fingerprint density at radius 3 is 2.67 bits per heavy atom. The summed E-state index contributed by atoms with van der Waals surface area (Å²) in [5.41, 5.74) is 1.69. The molecule has 0 radical (unpaired) electrons. The van der Waals surface area contributed by atoms with Gasteiger partial charge < -0.3 is 10.1 Å². The number of carbonyl (C=O) groups is 2. The SMILES string of the molecule is COC(=O)c1ccc(C)c(NC(=O)[C@H]2CCCN(S(C)(=O)=O)C2)c1. The van der Waals surface area contributed by atoms with Gasteiger partial charge in [-0.15, -0.1) is 0 Å². The fourth-order valence-electron chi connectivity index (χ4n) is 2.69. The van der Waals surface area contributed by atoms with Crippen molar-refractivity contribution in [3.05, 3.63) is 29.3 Å². The van der Waals surface area contributed by atoms with Gasteiger partial charge in [0.15, 0.2) is 0 Å². The van der Waals surface area contributed by atoms with Crippen LogP contribution in [0.15, 0.2) is 18.2 Å². The number of rotatable bonds is 4. The van der Waals surface area contributed by atoms with Crippen LogP contribution in [0.4, 0.5) is 5.69 Å². The maximum absolute atomic E-state index is 12.5. The molecule has 0 saturated carbocycles. The number of amides is 1. The molecule has 7 nitrogen and oxygen atoms in total. The Kier molecular flexibility index (Phi) is 5.61. The highest BCUT2D eigenvalue weighted by molar-refractivity contribution is 7.88. The molecule has 1 N–H and O–H groups in total. The minimum absolute atomic E-state index is 0.181. The first kappa shape index (κ1) is 18.4. The number of benzene rings is 1. The fourth-order valence-corrected chi connectivity index (χ4v) is 3.61. The lowest BCUT2D eigenvalue weighted by Crippen LogP contribution is -2.43. The molecule has 1 heterocycles. The summed E-state index contributed by atoms with van der Waals surface area (Å²) < 4.78 is 29.3. The highest BCUT2D eigenvalue weighted by atomic mass is 32.2. The number of esters is 1. The van der Waals surface area contributed by atoms with Gasteiger partial charge in [0, 0.05) is 18.8 Å². The second kappa shape index (κ2) is 7.31. The molecular weight excluding hydrogens is 332 g/mol. The molecule has 0 aliphatic carbocycles. The van der Waals surface area contributed by atoms with Crippen LogP contribution in [-0.4, -0.2) is 51.1 Å². The number of methoxy groups -OCH3 is 1. The van der Waals surface area contributed by atoms with Gasteiger partial charge in [0.05, 0.1) is 24.8 Å². The van der Waals surface area contributed by atoms with E-state index < -0.39 is 21.9 Å². The third-order valence-electron chi connectivity index (χ3n) is 4.14. The quantitative estimate of drug-likeness (QED) is 0.825. The Balaban J connectivity index is 2.13. The summed E-state index contributed by atoms with van der Waals surface area (Å²) in [5.74, 6) is -1.13. The van der Waals surface area contributed by atoms with Crippen molar-refractivity contribution in [2.75, 3.05) is 31.8 Å². The van der Waals surface area contributed by atoms with Crippen molar-refractivity contribution in [1.29, 1.82) is 0 Å². The zero-order valence-electron chi connectivity index (χ0n) is 14.0. The van der Waals surface area contributed by atoms with Gasteiger partial charge in [0.1, 0.15) is 0 Å². The number of nitrogens with zero attached hydrogens (tertiary/aromatic N) is 1. The standard InChI is InChI=1S/C16H22N2O5S/c1-11-6-7-12(16(20)23-2)9-14(11)17-15(19)13-5-4-8-18(10-13)24(3,21)22/h6-7,9,13H,4-5,8,10H2,1-3H3,(H,17,19)/t13-/m0/s1. The van der Waals surface area contributed by atoms with Gasteiger partial charge >= 0.3 is 5.97 Å². The molecular formula is C16H22N2O5S. The number of hydrogen-bond acceptors (Lipinski definition) is 5. The maximum Gasteiger partial charge on any atom is 0.337 e. The number of anilines is 1. The van der Waals surface area contributed by atoms with Crippen molar-refractivity contribution < 1.29 is 22.7 Å². The number of piperidine rings is 1. The Bertz CT molecular complexity index is 745. The first-order valence-electron chi connectivity index (χ1n) is 7.67. The van der Waals surface area contributed by atoms with Crippen LogP contribution < -0.4 is 5.32 Å². The first-order chi connectivity index (χ1) is 11.2. The van der Waals surface area contributed by atoms with Crippen molar-refractivity contribution >= 4 is 27.6 Å². The average Bonchev–Trinajstić information content (AvgIpc) is 2.55. The number of aryl methyl sites for hydroxylation is 1. The molecule has 8 heteroatoms. The molecule has 24 heavy (non-hydrogen) atoms. The number of hydrogen-bond donors (Lipinski definition) is 1. The normalized spacial score (nSPS) is 18.9. The van der Waals surface area contributed by atoms with E-state index in [1.807, 2.05) is 6.92 Å². The van der Waals surface area contributed by atoms with Crippen molar-refractivity contribution in [3.8, 4) is 0 Å². The molecule has 1 aromatic carbocycles. The fraction of sp³-hybridized carbons (Fsp3) is 0.500. The van der Waals surface area contributed by atoms with Crippen molar-refractivity contribution in [1.82, 2.24) is 4.31 Å². The predicted molar refractivity (Wildman–Crippen MR) is 90.3 cm³/mol. The zero-order valence-corrected chi connectivity index (χ0v) is 14.9. The van der Waals surface area contributed by atoms with Crippen LogP contribution in [0.25, 0.3) is 0 Å². The number of carbonyl (C=O) groups excluding carboxylic acids is 2. The molecule has 1 aliphatic rings. The van der Waals surface area contributed by atoms with Crippen molar-refractivity contribution in [2.45, 2.75) is 19.8 Å². The van der Waals surface area contributed by atoms with E-state index in [2.05, 4.69) is 10.1 Å². The summed E-state index contributed by atoms with van der Waals surface area (Å²) >= 11 is 0. The lowest BCUT2D eigenvalue weighted by molar-refractivity contribution is -0.120. The highest BCUT2D eigenvalue weighted by Crippen LogP contribution is 2.23. The minimum atomic E-state index is -3.30. The molecule has 2 rings (SSSR count). The monoisotopic (exact) mass is 354 g/mol. The topological polar surface area (TPSA) is 92.8 Å². The molecule has 0 bridgehead atoms. The Morgan fingerprint density at radius 2 is 2.04 bits per heavy atom. The molecule has 1 fully saturated rings. The number of nitrogens with one attached hydrogen (secondary N) is 1. The summed E-state index contributed by atoms with van der Waals surface area (Å²) in [6.07, 6.45) is 2.43. The van der Waals surface area contributed by atoms with Gasteiger partial charge in [-0.3, -0.25) is 4.79 Å². The molecule has 1 amide bonds. The molecule has 1 aliphatic heterocycles. The Morgan fingerprint density at radius 1 is 1.33 bits per heavy atom. The lowest BCUT2D eigenvalue weighted by Gasteiger charge is -2.30. The molecule has 1 atom stereocenters. The molecule has 1 saturated heterocycles. The van der Waals surface area contributed by atoms with E-state index in [0.717, 1.165) is 11.8 Å². The van der Waals surface area contributed by atoms with E-state index in [0.29, 0.717) is 30.6 Å². The summed E-state index contributed by atoms with van der Waals surface area (Å²) in [6, 6.07) is 4.92. The smallest absolute Gasteiger partial charge is 0.337 e. The van der Waals surface area contributed by atoms with E-state index >= 15 is 0 Å². The summed E-state index contributed by atoms with van der Waals surface area (Å²) in [4.78, 5) is 24.1. The first-order valence-corrected chi connectivity index (χ1v) is 9.52. The molecule has 1 aromatic rings. The molecule has 0 spiro atoms. The van der Waals surface area contributed by atoms with Crippen LogP contribution in [0.2, 0.25) is 0 Å². The Labute approximate surface area is 142 Å². The Hall–Kier alpha value is -1.93. The third-order valence-corrected chi connectivity index (χ3v) is 5.41. The minimum Gasteiger partial charge on any atom is -0.465 e. The van der Waals surface area contributed by atoms with Crippen molar-refractivity contribution in [2.24, 2.45) is 5.92 Å². The van der Waals surface area contributed by atoms with E-state index in [-0.39, 0.29) is 12.5 Å².